The summed E-state index contributed by atoms with van der Waals surface area (Å²) in [4.78, 5) is 11.9. The van der Waals surface area contributed by atoms with Crippen LogP contribution in [0.3, 0.4) is 0 Å². The molecule has 1 N–H and O–H groups in total. The van der Waals surface area contributed by atoms with Crippen LogP contribution in [0.25, 0.3) is 0 Å². The van der Waals surface area contributed by atoms with E-state index in [-0.39, 0.29) is 18.6 Å². The van der Waals surface area contributed by atoms with Crippen molar-refractivity contribution >= 4 is 6.16 Å². The number of rotatable bonds is 13. The summed E-state index contributed by atoms with van der Waals surface area (Å²) >= 11 is 0. The van der Waals surface area contributed by atoms with Crippen LogP contribution in [0.1, 0.15) is 31.4 Å². The molecule has 0 amide bonds. The largest absolute Gasteiger partial charge is 0.509 e. The lowest BCUT2D eigenvalue weighted by molar-refractivity contribution is -0.299. The van der Waals surface area contributed by atoms with Gasteiger partial charge in [-0.3, -0.25) is 0 Å². The third-order valence-corrected chi connectivity index (χ3v) is 6.60. The van der Waals surface area contributed by atoms with Gasteiger partial charge >= 0.3 is 6.16 Å². The fourth-order valence-electron chi connectivity index (χ4n) is 4.47. The molecule has 8 heteroatoms. The number of carbonyl (C=O) groups excluding carboxylic acids is 1. The highest BCUT2D eigenvalue weighted by atomic mass is 16.8. The number of aliphatic hydroxyl groups excluding tert-OH is 1. The third-order valence-electron chi connectivity index (χ3n) is 6.60. The number of fused-ring (bicyclic) bond motifs is 1. The third kappa shape index (κ3) is 7.63. The van der Waals surface area contributed by atoms with Crippen molar-refractivity contribution in [1.29, 1.82) is 0 Å². The van der Waals surface area contributed by atoms with Gasteiger partial charge in [0.25, 0.3) is 0 Å². The van der Waals surface area contributed by atoms with Crippen molar-refractivity contribution in [2.45, 2.75) is 70.3 Å². The van der Waals surface area contributed by atoms with Gasteiger partial charge in [0.15, 0.2) is 18.5 Å². The van der Waals surface area contributed by atoms with Crippen molar-refractivity contribution < 1.29 is 38.3 Å². The summed E-state index contributed by atoms with van der Waals surface area (Å²) < 4.78 is 34.7. The highest BCUT2D eigenvalue weighted by Gasteiger charge is 2.54. The maximum absolute atomic E-state index is 11.9. The van der Waals surface area contributed by atoms with E-state index in [1.54, 1.807) is 0 Å². The first-order valence-corrected chi connectivity index (χ1v) is 12.8. The van der Waals surface area contributed by atoms with Crippen molar-refractivity contribution in [2.75, 3.05) is 13.2 Å². The molecule has 2 aromatic rings. The first-order valence-electron chi connectivity index (χ1n) is 12.8. The Labute approximate surface area is 218 Å². The molecular weight excluding hydrogens is 476 g/mol. The predicted molar refractivity (Wildman–Crippen MR) is 135 cm³/mol. The van der Waals surface area contributed by atoms with Crippen LogP contribution in [0.4, 0.5) is 4.79 Å². The van der Waals surface area contributed by atoms with Gasteiger partial charge in [0, 0.05) is 5.92 Å². The van der Waals surface area contributed by atoms with Crippen LogP contribution in [0, 0.1) is 5.92 Å². The van der Waals surface area contributed by atoms with E-state index in [2.05, 4.69) is 6.08 Å². The summed E-state index contributed by atoms with van der Waals surface area (Å²) in [6.07, 6.45) is -0.886. The summed E-state index contributed by atoms with van der Waals surface area (Å²) in [7, 11) is 0. The van der Waals surface area contributed by atoms with Crippen LogP contribution in [0.5, 0.6) is 0 Å². The van der Waals surface area contributed by atoms with Crippen molar-refractivity contribution in [3.63, 3.8) is 0 Å². The van der Waals surface area contributed by atoms with Gasteiger partial charge in [0.05, 0.1) is 32.5 Å². The summed E-state index contributed by atoms with van der Waals surface area (Å²) in [5, 5.41) is 10.9. The fraction of sp³-hybridized carbons (Fsp3) is 0.483. The number of carbonyl (C=O) groups is 1. The Morgan fingerprint density at radius 2 is 1.57 bits per heavy atom. The van der Waals surface area contributed by atoms with E-state index in [4.69, 9.17) is 28.4 Å². The van der Waals surface area contributed by atoms with E-state index >= 15 is 0 Å². The molecule has 200 valence electrons. The molecule has 8 nitrogen and oxygen atoms in total. The van der Waals surface area contributed by atoms with Crippen LogP contribution in [-0.4, -0.2) is 61.3 Å². The standard InChI is InChI=1S/C29H36O8/c1-3-4-15-23(18-32-16-21-11-7-5-8-12-21)20(2)34-28-25(30)27-26(36-29(31)37-27)24(35-28)19-33-17-22-13-9-6-10-14-22/h3-14,20,23-28,30H,15-19H2,1-2H3/b4-3-. The molecule has 2 aliphatic rings. The zero-order chi connectivity index (χ0) is 26.0. The molecule has 2 aliphatic heterocycles. The highest BCUT2D eigenvalue weighted by molar-refractivity contribution is 5.63. The van der Waals surface area contributed by atoms with Gasteiger partial charge in [0.2, 0.25) is 0 Å². The molecule has 0 saturated carbocycles. The Morgan fingerprint density at radius 1 is 0.946 bits per heavy atom. The van der Waals surface area contributed by atoms with E-state index in [0.717, 1.165) is 17.5 Å². The lowest BCUT2D eigenvalue weighted by Crippen LogP contribution is -2.58. The normalized spacial score (nSPS) is 26.9. The number of benzene rings is 2. The molecule has 7 atom stereocenters. The quantitative estimate of drug-likeness (QED) is 0.312. The average molecular weight is 513 g/mol. The van der Waals surface area contributed by atoms with Crippen molar-refractivity contribution in [1.82, 2.24) is 0 Å². The molecule has 0 aliphatic carbocycles. The maximum atomic E-state index is 11.9. The minimum absolute atomic E-state index is 0.0172. The number of allylic oxidation sites excluding steroid dienone is 2. The Bertz CT molecular complexity index is 982. The summed E-state index contributed by atoms with van der Waals surface area (Å²) in [5.41, 5.74) is 2.11. The number of hydrogen-bond acceptors (Lipinski definition) is 8. The molecule has 0 radical (unpaired) electrons. The fourth-order valence-corrected chi connectivity index (χ4v) is 4.47. The topological polar surface area (TPSA) is 92.7 Å². The second kappa shape index (κ2) is 13.7. The highest BCUT2D eigenvalue weighted by Crippen LogP contribution is 2.33. The Hall–Kier alpha value is -2.75. The SMILES string of the molecule is C/C=C\CC(COCc1ccccc1)C(C)OC1OC(COCc2ccccc2)C2OC(=O)OC2C1O. The second-order valence-electron chi connectivity index (χ2n) is 9.36. The molecule has 2 fully saturated rings. The minimum atomic E-state index is -1.20. The van der Waals surface area contributed by atoms with Gasteiger partial charge in [-0.1, -0.05) is 72.8 Å². The molecule has 0 bridgehead atoms. The van der Waals surface area contributed by atoms with E-state index in [1.165, 1.54) is 0 Å². The number of aliphatic hydroxyl groups is 1. The number of hydrogen-bond donors (Lipinski definition) is 1. The van der Waals surface area contributed by atoms with Gasteiger partial charge < -0.3 is 33.5 Å². The zero-order valence-corrected chi connectivity index (χ0v) is 21.3. The lowest BCUT2D eigenvalue weighted by atomic mass is 9.97. The molecule has 4 rings (SSSR count). The van der Waals surface area contributed by atoms with Gasteiger partial charge in [-0.2, -0.15) is 0 Å². The van der Waals surface area contributed by atoms with Gasteiger partial charge in [-0.05, 0) is 31.4 Å². The summed E-state index contributed by atoms with van der Waals surface area (Å²) in [6.45, 7) is 5.39. The maximum Gasteiger partial charge on any atom is 0.509 e. The summed E-state index contributed by atoms with van der Waals surface area (Å²) in [5.74, 6) is 0.0172. The summed E-state index contributed by atoms with van der Waals surface area (Å²) in [6, 6.07) is 19.7. The number of ether oxygens (including phenoxy) is 6. The van der Waals surface area contributed by atoms with Crippen LogP contribution < -0.4 is 0 Å². The molecule has 2 saturated heterocycles. The average Bonchev–Trinajstić information content (AvgIpc) is 3.32. The monoisotopic (exact) mass is 512 g/mol. The first kappa shape index (κ1) is 27.3. The minimum Gasteiger partial charge on any atom is -0.424 e. The predicted octanol–water partition coefficient (Wildman–Crippen LogP) is 4.40. The molecule has 37 heavy (non-hydrogen) atoms. The van der Waals surface area contributed by atoms with Gasteiger partial charge in [0.1, 0.15) is 12.2 Å². The van der Waals surface area contributed by atoms with Gasteiger partial charge in [-0.25, -0.2) is 4.79 Å². The Kier molecular flexibility index (Phi) is 10.1. The first-order chi connectivity index (χ1) is 18.0. The zero-order valence-electron chi connectivity index (χ0n) is 21.3. The molecule has 2 aromatic carbocycles. The van der Waals surface area contributed by atoms with Crippen LogP contribution in [0.15, 0.2) is 72.8 Å². The van der Waals surface area contributed by atoms with Crippen molar-refractivity contribution in [3.05, 3.63) is 83.9 Å². The molecular formula is C29H36O8. The van der Waals surface area contributed by atoms with Crippen LogP contribution in [-0.2, 0) is 41.6 Å². The van der Waals surface area contributed by atoms with Crippen LogP contribution in [0.2, 0.25) is 0 Å². The Balaban J connectivity index is 1.36. The van der Waals surface area contributed by atoms with Crippen molar-refractivity contribution in [2.24, 2.45) is 5.92 Å². The van der Waals surface area contributed by atoms with Crippen LogP contribution >= 0.6 is 0 Å². The van der Waals surface area contributed by atoms with Crippen molar-refractivity contribution in [3.8, 4) is 0 Å². The second-order valence-corrected chi connectivity index (χ2v) is 9.36. The molecule has 0 spiro atoms. The smallest absolute Gasteiger partial charge is 0.424 e. The van der Waals surface area contributed by atoms with E-state index in [9.17, 15) is 9.90 Å². The van der Waals surface area contributed by atoms with E-state index in [1.807, 2.05) is 80.6 Å². The Morgan fingerprint density at radius 3 is 2.22 bits per heavy atom. The molecule has 2 heterocycles. The molecule has 0 aromatic heterocycles. The van der Waals surface area contributed by atoms with Gasteiger partial charge in [-0.15, -0.1) is 0 Å². The lowest BCUT2D eigenvalue weighted by Gasteiger charge is -2.40. The molecule has 7 unspecified atom stereocenters. The van der Waals surface area contributed by atoms with E-state index < -0.39 is 36.9 Å². The van der Waals surface area contributed by atoms with E-state index in [0.29, 0.717) is 19.8 Å².